The average Bonchev–Trinajstić information content (AvgIpc) is 2.60. The van der Waals surface area contributed by atoms with E-state index < -0.39 is 28.6 Å². The molecular formula is C7H9N5O4. The number of rotatable bonds is 4. The summed E-state index contributed by atoms with van der Waals surface area (Å²) in [5.41, 5.74) is 9.56. The molecule has 0 aromatic carbocycles. The molecule has 2 amide bonds. The Morgan fingerprint density at radius 1 is 1.56 bits per heavy atom. The predicted molar refractivity (Wildman–Crippen MR) is 51.3 cm³/mol. The first kappa shape index (κ1) is 11.6. The lowest BCUT2D eigenvalue weighted by molar-refractivity contribution is -0.390. The lowest BCUT2D eigenvalue weighted by atomic mass is 10.3. The Labute approximate surface area is 89.2 Å². The maximum absolute atomic E-state index is 10.9. The van der Waals surface area contributed by atoms with Gasteiger partial charge in [0.2, 0.25) is 5.91 Å². The van der Waals surface area contributed by atoms with Gasteiger partial charge in [-0.3, -0.25) is 9.59 Å². The van der Waals surface area contributed by atoms with Crippen molar-refractivity contribution >= 4 is 17.6 Å². The third-order valence-electron chi connectivity index (χ3n) is 1.96. The van der Waals surface area contributed by atoms with E-state index in [9.17, 15) is 19.7 Å². The number of hydrogen-bond donors (Lipinski definition) is 2. The molecule has 0 aliphatic rings. The minimum Gasteiger partial charge on any atom is -0.368 e. The summed E-state index contributed by atoms with van der Waals surface area (Å²) in [4.78, 5) is 31.4. The van der Waals surface area contributed by atoms with Gasteiger partial charge in [-0.1, -0.05) is 0 Å². The van der Waals surface area contributed by atoms with Crippen LogP contribution in [0.3, 0.4) is 0 Å². The fourth-order valence-electron chi connectivity index (χ4n) is 1.02. The van der Waals surface area contributed by atoms with Gasteiger partial charge in [-0.05, 0) is 11.8 Å². The zero-order valence-corrected chi connectivity index (χ0v) is 8.28. The predicted octanol–water partition coefficient (Wildman–Crippen LogP) is -1.06. The van der Waals surface area contributed by atoms with Crippen molar-refractivity contribution in [3.8, 4) is 0 Å². The van der Waals surface area contributed by atoms with Gasteiger partial charge in [-0.2, -0.15) is 4.68 Å². The lowest BCUT2D eigenvalue weighted by Crippen LogP contribution is -2.24. The highest BCUT2D eigenvalue weighted by Gasteiger charge is 2.28. The van der Waals surface area contributed by atoms with Crippen molar-refractivity contribution < 1.29 is 14.5 Å². The van der Waals surface area contributed by atoms with Gasteiger partial charge in [0.25, 0.3) is 5.91 Å². The Hall–Kier alpha value is -2.45. The molecule has 0 fully saturated rings. The normalized spacial score (nSPS) is 12.1. The summed E-state index contributed by atoms with van der Waals surface area (Å²) in [6, 6.07) is -0.896. The molecular weight excluding hydrogens is 218 g/mol. The van der Waals surface area contributed by atoms with Gasteiger partial charge in [0, 0.05) is 0 Å². The highest BCUT2D eigenvalue weighted by molar-refractivity contribution is 5.96. The lowest BCUT2D eigenvalue weighted by Gasteiger charge is -2.01. The Bertz CT molecular complexity index is 434. The van der Waals surface area contributed by atoms with Crippen molar-refractivity contribution in [1.82, 2.24) is 9.78 Å². The molecule has 0 aliphatic carbocycles. The molecule has 0 saturated heterocycles. The van der Waals surface area contributed by atoms with Crippen LogP contribution in [-0.2, 0) is 4.79 Å². The van der Waals surface area contributed by atoms with Gasteiger partial charge in [0.05, 0.1) is 11.3 Å². The SMILES string of the molecule is CC(C(N)=O)n1cc(C(N)=O)c([N+](=O)[O-])n1. The van der Waals surface area contributed by atoms with Gasteiger partial charge in [-0.25, -0.2) is 0 Å². The Kier molecular flexibility index (Phi) is 2.88. The fraction of sp³-hybridized carbons (Fsp3) is 0.286. The summed E-state index contributed by atoms with van der Waals surface area (Å²) < 4.78 is 0.931. The van der Waals surface area contributed by atoms with Crippen LogP contribution in [-0.4, -0.2) is 26.5 Å². The summed E-state index contributed by atoms with van der Waals surface area (Å²) >= 11 is 0. The first-order chi connectivity index (χ1) is 7.34. The number of hydrogen-bond acceptors (Lipinski definition) is 5. The van der Waals surface area contributed by atoms with E-state index in [1.54, 1.807) is 0 Å². The smallest absolute Gasteiger partial charge is 0.368 e. The zero-order chi connectivity index (χ0) is 12.5. The summed E-state index contributed by atoms with van der Waals surface area (Å²) in [6.45, 7) is 1.39. The number of nitro groups is 1. The van der Waals surface area contributed by atoms with E-state index >= 15 is 0 Å². The maximum atomic E-state index is 10.9. The van der Waals surface area contributed by atoms with Crippen LogP contribution >= 0.6 is 0 Å². The van der Waals surface area contributed by atoms with Crippen LogP contribution in [0, 0.1) is 10.1 Å². The van der Waals surface area contributed by atoms with E-state index in [0.717, 1.165) is 10.9 Å². The largest absolute Gasteiger partial charge is 0.402 e. The molecule has 0 bridgehead atoms. The average molecular weight is 227 g/mol. The molecule has 1 aromatic heterocycles. The van der Waals surface area contributed by atoms with Crippen LogP contribution in [0.2, 0.25) is 0 Å². The summed E-state index contributed by atoms with van der Waals surface area (Å²) in [6.07, 6.45) is 1.02. The number of carbonyl (C=O) groups excluding carboxylic acids is 2. The molecule has 16 heavy (non-hydrogen) atoms. The standard InChI is InChI=1S/C7H9N5O4/c1-3(5(8)13)11-2-4(6(9)14)7(10-11)12(15)16/h2-3H,1H3,(H2,8,13)(H2,9,14). The van der Waals surface area contributed by atoms with Gasteiger partial charge >= 0.3 is 5.82 Å². The highest BCUT2D eigenvalue weighted by atomic mass is 16.6. The van der Waals surface area contributed by atoms with Crippen LogP contribution in [0.25, 0.3) is 0 Å². The highest BCUT2D eigenvalue weighted by Crippen LogP contribution is 2.17. The Morgan fingerprint density at radius 2 is 2.12 bits per heavy atom. The molecule has 0 spiro atoms. The molecule has 0 saturated carbocycles. The van der Waals surface area contributed by atoms with E-state index in [0.29, 0.717) is 0 Å². The van der Waals surface area contributed by atoms with Crippen LogP contribution in [0.5, 0.6) is 0 Å². The molecule has 1 heterocycles. The van der Waals surface area contributed by atoms with Crippen LogP contribution in [0.4, 0.5) is 5.82 Å². The van der Waals surface area contributed by atoms with Crippen molar-refractivity contribution in [3.63, 3.8) is 0 Å². The minimum absolute atomic E-state index is 0.363. The second kappa shape index (κ2) is 3.96. The van der Waals surface area contributed by atoms with Crippen molar-refractivity contribution in [3.05, 3.63) is 21.9 Å². The van der Waals surface area contributed by atoms with E-state index in [1.807, 2.05) is 0 Å². The van der Waals surface area contributed by atoms with Gasteiger partial charge < -0.3 is 21.6 Å². The Morgan fingerprint density at radius 3 is 2.44 bits per heavy atom. The molecule has 1 rings (SSSR count). The summed E-state index contributed by atoms with van der Waals surface area (Å²) in [7, 11) is 0. The number of nitrogens with zero attached hydrogens (tertiary/aromatic N) is 3. The maximum Gasteiger partial charge on any atom is 0.402 e. The minimum atomic E-state index is -0.991. The molecule has 4 N–H and O–H groups in total. The quantitative estimate of drug-likeness (QED) is 0.496. The number of nitrogens with two attached hydrogens (primary N) is 2. The number of aromatic nitrogens is 2. The second-order valence-electron chi connectivity index (χ2n) is 3.05. The van der Waals surface area contributed by atoms with Crippen LogP contribution in [0.15, 0.2) is 6.20 Å². The van der Waals surface area contributed by atoms with Gasteiger partial charge in [-0.15, -0.1) is 0 Å². The molecule has 0 radical (unpaired) electrons. The molecule has 1 unspecified atom stereocenters. The number of primary amides is 2. The van der Waals surface area contributed by atoms with Crippen molar-refractivity contribution in [1.29, 1.82) is 0 Å². The van der Waals surface area contributed by atoms with Crippen molar-refractivity contribution in [2.75, 3.05) is 0 Å². The van der Waals surface area contributed by atoms with Gasteiger partial charge in [0.15, 0.2) is 5.56 Å². The van der Waals surface area contributed by atoms with Gasteiger partial charge in [0.1, 0.15) is 6.04 Å². The van der Waals surface area contributed by atoms with Crippen LogP contribution < -0.4 is 11.5 Å². The van der Waals surface area contributed by atoms with Crippen molar-refractivity contribution in [2.24, 2.45) is 11.5 Å². The van der Waals surface area contributed by atoms with E-state index in [1.165, 1.54) is 6.92 Å². The molecule has 1 aromatic rings. The second-order valence-corrected chi connectivity index (χ2v) is 3.05. The summed E-state index contributed by atoms with van der Waals surface area (Å²) in [5, 5.41) is 14.0. The first-order valence-electron chi connectivity index (χ1n) is 4.17. The first-order valence-corrected chi connectivity index (χ1v) is 4.17. The molecule has 0 aliphatic heterocycles. The van der Waals surface area contributed by atoms with Crippen molar-refractivity contribution in [2.45, 2.75) is 13.0 Å². The monoisotopic (exact) mass is 227 g/mol. The molecule has 9 heteroatoms. The van der Waals surface area contributed by atoms with E-state index in [-0.39, 0.29) is 5.56 Å². The third kappa shape index (κ3) is 1.97. The fourth-order valence-corrected chi connectivity index (χ4v) is 1.02. The molecule has 86 valence electrons. The third-order valence-corrected chi connectivity index (χ3v) is 1.96. The zero-order valence-electron chi connectivity index (χ0n) is 8.28. The topological polar surface area (TPSA) is 147 Å². The number of carbonyl (C=O) groups is 2. The Balaban J connectivity index is 3.26. The van der Waals surface area contributed by atoms with Crippen LogP contribution in [0.1, 0.15) is 23.3 Å². The number of amides is 2. The van der Waals surface area contributed by atoms with E-state index in [2.05, 4.69) is 5.10 Å². The van der Waals surface area contributed by atoms with E-state index in [4.69, 9.17) is 11.5 Å². The summed E-state index contributed by atoms with van der Waals surface area (Å²) in [5.74, 6) is -2.41. The molecule has 1 atom stereocenters. The molecule has 9 nitrogen and oxygen atoms in total.